The van der Waals surface area contributed by atoms with Gasteiger partial charge in [-0.25, -0.2) is 4.39 Å². The molecule has 0 radical (unpaired) electrons. The van der Waals surface area contributed by atoms with Gasteiger partial charge in [0.25, 0.3) is 0 Å². The molecule has 0 aliphatic carbocycles. The molecule has 1 aliphatic rings. The van der Waals surface area contributed by atoms with Crippen LogP contribution in [0.4, 0.5) is 4.39 Å². The number of nitrogens with one attached hydrogen (secondary N) is 1. The molecule has 1 atom stereocenters. The molecule has 0 saturated carbocycles. The van der Waals surface area contributed by atoms with E-state index in [0.717, 1.165) is 30.7 Å². The summed E-state index contributed by atoms with van der Waals surface area (Å²) in [5.74, 6) is 1.02. The number of thioether (sulfide) groups is 1. The maximum Gasteiger partial charge on any atom is 0.123 e. The van der Waals surface area contributed by atoms with E-state index in [1.54, 1.807) is 12.1 Å². The van der Waals surface area contributed by atoms with Crippen LogP contribution in [0.2, 0.25) is 0 Å². The fourth-order valence-electron chi connectivity index (χ4n) is 2.08. The summed E-state index contributed by atoms with van der Waals surface area (Å²) in [6.45, 7) is 3.16. The number of benzene rings is 1. The van der Waals surface area contributed by atoms with Gasteiger partial charge < -0.3 is 5.32 Å². The molecule has 0 bridgehead atoms. The number of fused-ring (bicyclic) bond motifs is 1. The number of hydrogen-bond donors (Lipinski definition) is 1. The summed E-state index contributed by atoms with van der Waals surface area (Å²) in [4.78, 5) is 1.24. The van der Waals surface area contributed by atoms with Gasteiger partial charge >= 0.3 is 0 Å². The predicted molar refractivity (Wildman–Crippen MR) is 67.4 cm³/mol. The Balaban J connectivity index is 2.24. The van der Waals surface area contributed by atoms with Crippen molar-refractivity contribution in [1.82, 2.24) is 5.32 Å². The van der Waals surface area contributed by atoms with Gasteiger partial charge in [-0.15, -0.1) is 11.8 Å². The van der Waals surface area contributed by atoms with Crippen molar-refractivity contribution in [3.05, 3.63) is 29.6 Å². The van der Waals surface area contributed by atoms with Gasteiger partial charge in [-0.05, 0) is 55.3 Å². The highest BCUT2D eigenvalue weighted by atomic mass is 32.2. The van der Waals surface area contributed by atoms with Crippen molar-refractivity contribution in [3.63, 3.8) is 0 Å². The molecule has 0 spiro atoms. The molecular weight excluding hydrogens is 221 g/mol. The average molecular weight is 239 g/mol. The minimum Gasteiger partial charge on any atom is -0.310 e. The molecule has 0 fully saturated rings. The first-order valence-electron chi connectivity index (χ1n) is 5.97. The summed E-state index contributed by atoms with van der Waals surface area (Å²) in [6.07, 6.45) is 3.43. The first-order valence-corrected chi connectivity index (χ1v) is 6.95. The zero-order valence-corrected chi connectivity index (χ0v) is 10.4. The second-order valence-electron chi connectivity index (χ2n) is 4.18. The van der Waals surface area contributed by atoms with Crippen molar-refractivity contribution in [2.75, 3.05) is 12.3 Å². The maximum atomic E-state index is 13.3. The Bertz CT molecular complexity index is 354. The number of rotatable bonds is 3. The lowest BCUT2D eigenvalue weighted by molar-refractivity contribution is 0.489. The van der Waals surface area contributed by atoms with Crippen LogP contribution in [0.5, 0.6) is 0 Å². The normalized spacial score (nSPS) is 20.2. The van der Waals surface area contributed by atoms with Gasteiger partial charge in [-0.2, -0.15) is 0 Å². The van der Waals surface area contributed by atoms with E-state index in [1.807, 2.05) is 17.8 Å². The van der Waals surface area contributed by atoms with Crippen molar-refractivity contribution >= 4 is 11.8 Å². The van der Waals surface area contributed by atoms with Gasteiger partial charge in [0.15, 0.2) is 0 Å². The molecule has 1 heterocycles. The van der Waals surface area contributed by atoms with E-state index in [0.29, 0.717) is 6.04 Å². The summed E-state index contributed by atoms with van der Waals surface area (Å²) in [5.41, 5.74) is 1.15. The monoisotopic (exact) mass is 239 g/mol. The fourth-order valence-corrected chi connectivity index (χ4v) is 3.14. The van der Waals surface area contributed by atoms with E-state index in [4.69, 9.17) is 0 Å². The quantitative estimate of drug-likeness (QED) is 0.862. The van der Waals surface area contributed by atoms with Crippen LogP contribution in [0, 0.1) is 5.82 Å². The zero-order chi connectivity index (χ0) is 11.4. The first kappa shape index (κ1) is 11.9. The molecule has 1 aromatic carbocycles. The molecule has 16 heavy (non-hydrogen) atoms. The van der Waals surface area contributed by atoms with E-state index in [9.17, 15) is 4.39 Å². The summed E-state index contributed by atoms with van der Waals surface area (Å²) in [6, 6.07) is 5.51. The van der Waals surface area contributed by atoms with E-state index in [1.165, 1.54) is 11.3 Å². The molecule has 2 rings (SSSR count). The molecule has 1 nitrogen and oxygen atoms in total. The zero-order valence-electron chi connectivity index (χ0n) is 9.63. The van der Waals surface area contributed by atoms with Gasteiger partial charge in [0, 0.05) is 10.9 Å². The van der Waals surface area contributed by atoms with Gasteiger partial charge in [-0.1, -0.05) is 6.92 Å². The minimum atomic E-state index is -0.121. The number of halogens is 1. The van der Waals surface area contributed by atoms with Crippen LogP contribution in [0.15, 0.2) is 23.1 Å². The van der Waals surface area contributed by atoms with Gasteiger partial charge in [0.1, 0.15) is 5.82 Å². The van der Waals surface area contributed by atoms with E-state index >= 15 is 0 Å². The Hall–Kier alpha value is -0.540. The van der Waals surface area contributed by atoms with Crippen LogP contribution in [0.3, 0.4) is 0 Å². The Kier molecular flexibility index (Phi) is 4.24. The maximum absolute atomic E-state index is 13.3. The lowest BCUT2D eigenvalue weighted by Gasteiger charge is -2.18. The van der Waals surface area contributed by atoms with Crippen LogP contribution < -0.4 is 5.32 Å². The molecule has 0 saturated heterocycles. The Morgan fingerprint density at radius 1 is 1.50 bits per heavy atom. The summed E-state index contributed by atoms with van der Waals surface area (Å²) >= 11 is 1.85. The standard InChI is InChI=1S/C13H18FNS/c1-2-7-15-12-4-3-8-16-13-6-5-10(14)9-11(12)13/h5-6,9,12,15H,2-4,7-8H2,1H3. The van der Waals surface area contributed by atoms with Crippen LogP contribution >= 0.6 is 11.8 Å². The molecule has 1 unspecified atom stereocenters. The SMILES string of the molecule is CCCNC1CCCSc2ccc(F)cc21. The summed E-state index contributed by atoms with van der Waals surface area (Å²) < 4.78 is 13.3. The smallest absolute Gasteiger partial charge is 0.123 e. The van der Waals surface area contributed by atoms with Gasteiger partial charge in [-0.3, -0.25) is 0 Å². The largest absolute Gasteiger partial charge is 0.310 e. The van der Waals surface area contributed by atoms with Gasteiger partial charge in [0.05, 0.1) is 0 Å². The van der Waals surface area contributed by atoms with Crippen molar-refractivity contribution in [2.24, 2.45) is 0 Å². The van der Waals surface area contributed by atoms with Crippen LogP contribution in [-0.2, 0) is 0 Å². The Labute approximate surface area is 101 Å². The molecule has 1 aromatic rings. The van der Waals surface area contributed by atoms with E-state index in [2.05, 4.69) is 12.2 Å². The lowest BCUT2D eigenvalue weighted by Crippen LogP contribution is -2.22. The molecule has 3 heteroatoms. The minimum absolute atomic E-state index is 0.121. The fraction of sp³-hybridized carbons (Fsp3) is 0.538. The highest BCUT2D eigenvalue weighted by Crippen LogP contribution is 2.35. The number of hydrogen-bond acceptors (Lipinski definition) is 2. The molecule has 1 aliphatic heterocycles. The third-order valence-corrected chi connectivity index (χ3v) is 4.06. The molecular formula is C13H18FNS. The Morgan fingerprint density at radius 3 is 3.19 bits per heavy atom. The Morgan fingerprint density at radius 2 is 2.38 bits per heavy atom. The second kappa shape index (κ2) is 5.69. The third kappa shape index (κ3) is 2.77. The van der Waals surface area contributed by atoms with Crippen molar-refractivity contribution in [3.8, 4) is 0 Å². The van der Waals surface area contributed by atoms with Crippen LogP contribution in [0.1, 0.15) is 37.8 Å². The van der Waals surface area contributed by atoms with Crippen molar-refractivity contribution in [1.29, 1.82) is 0 Å². The van der Waals surface area contributed by atoms with E-state index in [-0.39, 0.29) is 5.82 Å². The predicted octanol–water partition coefficient (Wildman–Crippen LogP) is 3.75. The van der Waals surface area contributed by atoms with Gasteiger partial charge in [0.2, 0.25) is 0 Å². The van der Waals surface area contributed by atoms with Crippen LogP contribution in [0.25, 0.3) is 0 Å². The molecule has 0 amide bonds. The van der Waals surface area contributed by atoms with Crippen molar-refractivity contribution in [2.45, 2.75) is 37.1 Å². The first-order chi connectivity index (χ1) is 7.81. The molecule has 88 valence electrons. The second-order valence-corrected chi connectivity index (χ2v) is 5.32. The highest BCUT2D eigenvalue weighted by Gasteiger charge is 2.18. The molecule has 1 N–H and O–H groups in total. The summed E-state index contributed by atoms with van der Waals surface area (Å²) in [5, 5.41) is 3.51. The highest BCUT2D eigenvalue weighted by molar-refractivity contribution is 7.99. The topological polar surface area (TPSA) is 12.0 Å². The lowest BCUT2D eigenvalue weighted by atomic mass is 10.0. The average Bonchev–Trinajstić information content (AvgIpc) is 2.48. The van der Waals surface area contributed by atoms with Crippen LogP contribution in [-0.4, -0.2) is 12.3 Å². The van der Waals surface area contributed by atoms with E-state index < -0.39 is 0 Å². The summed E-state index contributed by atoms with van der Waals surface area (Å²) in [7, 11) is 0. The molecule has 0 aromatic heterocycles. The third-order valence-electron chi connectivity index (χ3n) is 2.88. The van der Waals surface area contributed by atoms with Crippen molar-refractivity contribution < 1.29 is 4.39 Å².